The van der Waals surface area contributed by atoms with Gasteiger partial charge in [0.25, 0.3) is 0 Å². The van der Waals surface area contributed by atoms with Gasteiger partial charge in [-0.3, -0.25) is 9.59 Å². The molecule has 0 unspecified atom stereocenters. The summed E-state index contributed by atoms with van der Waals surface area (Å²) in [5.74, 6) is -2.01. The normalized spacial score (nSPS) is 15.8. The lowest BCUT2D eigenvalue weighted by Crippen LogP contribution is -2.24. The fourth-order valence-corrected chi connectivity index (χ4v) is 3.74. The Balaban J connectivity index is 1.76. The Morgan fingerprint density at radius 3 is 2.68 bits per heavy atom. The van der Waals surface area contributed by atoms with E-state index in [1.165, 1.54) is 54.3 Å². The van der Waals surface area contributed by atoms with Crippen molar-refractivity contribution in [2.75, 3.05) is 19.0 Å². The molecule has 3 aromatic rings. The molecule has 2 heterocycles. The number of hydrogen-bond donors (Lipinski definition) is 2. The molecule has 2 amide bonds. The number of aromatic nitrogens is 2. The lowest BCUT2D eigenvalue weighted by atomic mass is 10.1. The van der Waals surface area contributed by atoms with Crippen LogP contribution in [0, 0.1) is 11.7 Å². The van der Waals surface area contributed by atoms with Crippen molar-refractivity contribution in [3.63, 3.8) is 0 Å². The highest BCUT2D eigenvalue weighted by Crippen LogP contribution is 2.32. The second kappa shape index (κ2) is 9.16. The topological polar surface area (TPSA) is 85.2 Å². The predicted molar refractivity (Wildman–Crippen MR) is 115 cm³/mol. The van der Waals surface area contributed by atoms with Crippen molar-refractivity contribution < 1.29 is 31.9 Å². The van der Waals surface area contributed by atoms with Crippen LogP contribution in [-0.2, 0) is 16.0 Å². The van der Waals surface area contributed by atoms with Crippen LogP contribution in [0.4, 0.5) is 23.4 Å². The van der Waals surface area contributed by atoms with Gasteiger partial charge in [0.1, 0.15) is 5.69 Å². The number of ether oxygens (including phenoxy) is 1. The number of alkyl halides is 3. The zero-order chi connectivity index (χ0) is 24.5. The highest BCUT2D eigenvalue weighted by atomic mass is 19.4. The number of methoxy groups -OCH3 is 1. The molecule has 0 spiro atoms. The lowest BCUT2D eigenvalue weighted by molar-refractivity contribution is -0.127. The van der Waals surface area contributed by atoms with Crippen LogP contribution in [0.5, 0.6) is 5.75 Å². The highest BCUT2D eigenvalue weighted by Gasteiger charge is 2.30. The summed E-state index contributed by atoms with van der Waals surface area (Å²) < 4.78 is 60.0. The van der Waals surface area contributed by atoms with E-state index >= 15 is 4.39 Å². The Bertz CT molecular complexity index is 1240. The molecule has 178 valence electrons. The minimum absolute atomic E-state index is 0.0185. The minimum atomic E-state index is -4.40. The van der Waals surface area contributed by atoms with Gasteiger partial charge in [-0.15, -0.1) is 5.10 Å². The Morgan fingerprint density at radius 2 is 2.00 bits per heavy atom. The van der Waals surface area contributed by atoms with Crippen molar-refractivity contribution >= 4 is 17.6 Å². The third-order valence-corrected chi connectivity index (χ3v) is 5.33. The van der Waals surface area contributed by atoms with Crippen LogP contribution in [-0.4, -0.2) is 41.4 Å². The molecule has 1 aliphatic heterocycles. The summed E-state index contributed by atoms with van der Waals surface area (Å²) >= 11 is 0. The summed E-state index contributed by atoms with van der Waals surface area (Å²) in [6, 6.07) is 11.5. The van der Waals surface area contributed by atoms with Gasteiger partial charge >= 0.3 is 6.18 Å². The van der Waals surface area contributed by atoms with Crippen LogP contribution in [0.3, 0.4) is 0 Å². The summed E-state index contributed by atoms with van der Waals surface area (Å²) in [6.07, 6.45) is -5.50. The monoisotopic (exact) mass is 476 g/mol. The van der Waals surface area contributed by atoms with Crippen molar-refractivity contribution in [3.8, 4) is 22.7 Å². The maximum absolute atomic E-state index is 15.0. The quantitative estimate of drug-likeness (QED) is 0.529. The van der Waals surface area contributed by atoms with Gasteiger partial charge in [0, 0.05) is 24.6 Å². The van der Waals surface area contributed by atoms with Crippen LogP contribution < -0.4 is 15.4 Å². The van der Waals surface area contributed by atoms with Gasteiger partial charge in [-0.2, -0.15) is 13.2 Å². The van der Waals surface area contributed by atoms with Gasteiger partial charge in [0.2, 0.25) is 11.8 Å². The van der Waals surface area contributed by atoms with Crippen LogP contribution >= 0.6 is 0 Å². The van der Waals surface area contributed by atoms with E-state index in [1.807, 2.05) is 0 Å². The molecular weight excluding hydrogens is 456 g/mol. The fourth-order valence-electron chi connectivity index (χ4n) is 3.74. The highest BCUT2D eigenvalue weighted by molar-refractivity contribution is 5.97. The first-order valence-electron chi connectivity index (χ1n) is 10.3. The number of halogens is 4. The van der Waals surface area contributed by atoms with Gasteiger partial charge in [0.05, 0.1) is 25.1 Å². The standard InChI is InChI=1S/C23H20F4N4O3/c1-34-18-7-3-6-16(21(18)24)31-17(14-5-2-4-13(8-14)11-23(25,26)27)10-19(30-31)29-22(33)15-9-20(32)28-12-15/h2-8,10,15H,9,11-12H2,1H3,(H,28,32)(H,29,30,33)/t15-/m0/s1. The summed E-state index contributed by atoms with van der Waals surface area (Å²) in [7, 11) is 1.30. The molecule has 34 heavy (non-hydrogen) atoms. The molecule has 4 rings (SSSR count). The number of carbonyl (C=O) groups is 2. The molecule has 2 aromatic carbocycles. The third kappa shape index (κ3) is 5.03. The number of carbonyl (C=O) groups excluding carboxylic acids is 2. The van der Waals surface area contributed by atoms with Crippen molar-refractivity contribution in [1.82, 2.24) is 15.1 Å². The molecule has 1 aromatic heterocycles. The largest absolute Gasteiger partial charge is 0.494 e. The van der Waals surface area contributed by atoms with E-state index in [2.05, 4.69) is 15.7 Å². The van der Waals surface area contributed by atoms with E-state index in [4.69, 9.17) is 4.74 Å². The average Bonchev–Trinajstić information content (AvgIpc) is 3.39. The molecule has 7 nitrogen and oxygen atoms in total. The molecule has 1 saturated heterocycles. The first kappa shape index (κ1) is 23.3. The number of amides is 2. The van der Waals surface area contributed by atoms with Gasteiger partial charge in [-0.25, -0.2) is 9.07 Å². The van der Waals surface area contributed by atoms with Crippen molar-refractivity contribution in [3.05, 3.63) is 59.9 Å². The van der Waals surface area contributed by atoms with Crippen LogP contribution in [0.15, 0.2) is 48.5 Å². The van der Waals surface area contributed by atoms with E-state index in [1.54, 1.807) is 6.07 Å². The molecule has 1 fully saturated rings. The SMILES string of the molecule is COc1cccc(-n2nc(NC(=O)[C@@H]3CNC(=O)C3)cc2-c2cccc(CC(F)(F)F)c2)c1F. The molecular formula is C23H20F4N4O3. The molecule has 1 aliphatic rings. The van der Waals surface area contributed by atoms with E-state index in [9.17, 15) is 22.8 Å². The molecule has 11 heteroatoms. The predicted octanol–water partition coefficient (Wildman–Crippen LogP) is 3.87. The molecule has 0 bridgehead atoms. The van der Waals surface area contributed by atoms with Gasteiger partial charge in [-0.05, 0) is 23.8 Å². The van der Waals surface area contributed by atoms with E-state index < -0.39 is 30.2 Å². The van der Waals surface area contributed by atoms with Gasteiger partial charge < -0.3 is 15.4 Å². The summed E-state index contributed by atoms with van der Waals surface area (Å²) in [6.45, 7) is 0.183. The second-order valence-corrected chi connectivity index (χ2v) is 7.81. The van der Waals surface area contributed by atoms with Crippen molar-refractivity contribution in [1.29, 1.82) is 0 Å². The number of hydrogen-bond acceptors (Lipinski definition) is 4. The molecule has 0 radical (unpaired) electrons. The summed E-state index contributed by atoms with van der Waals surface area (Å²) in [4.78, 5) is 24.0. The van der Waals surface area contributed by atoms with E-state index in [-0.39, 0.29) is 47.4 Å². The Labute approximate surface area is 191 Å². The summed E-state index contributed by atoms with van der Waals surface area (Å²) in [5, 5.41) is 9.47. The second-order valence-electron chi connectivity index (χ2n) is 7.81. The molecule has 1 atom stereocenters. The van der Waals surface area contributed by atoms with E-state index in [0.717, 1.165) is 0 Å². The zero-order valence-corrected chi connectivity index (χ0v) is 17.9. The average molecular weight is 476 g/mol. The Hall–Kier alpha value is -3.89. The number of anilines is 1. The van der Waals surface area contributed by atoms with Crippen LogP contribution in [0.2, 0.25) is 0 Å². The first-order valence-corrected chi connectivity index (χ1v) is 10.3. The molecule has 2 N–H and O–H groups in total. The number of benzene rings is 2. The Morgan fingerprint density at radius 1 is 1.24 bits per heavy atom. The Kier molecular flexibility index (Phi) is 6.27. The minimum Gasteiger partial charge on any atom is -0.494 e. The van der Waals surface area contributed by atoms with Crippen LogP contribution in [0.25, 0.3) is 16.9 Å². The third-order valence-electron chi connectivity index (χ3n) is 5.33. The number of rotatable bonds is 6. The zero-order valence-electron chi connectivity index (χ0n) is 17.9. The molecule has 0 aliphatic carbocycles. The lowest BCUT2D eigenvalue weighted by Gasteiger charge is -2.12. The fraction of sp³-hybridized carbons (Fsp3) is 0.261. The molecule has 0 saturated carbocycles. The van der Waals surface area contributed by atoms with Crippen molar-refractivity contribution in [2.45, 2.75) is 19.0 Å². The maximum Gasteiger partial charge on any atom is 0.393 e. The summed E-state index contributed by atoms with van der Waals surface area (Å²) in [5.41, 5.74) is 0.598. The smallest absolute Gasteiger partial charge is 0.393 e. The van der Waals surface area contributed by atoms with Crippen molar-refractivity contribution in [2.24, 2.45) is 5.92 Å². The van der Waals surface area contributed by atoms with Crippen LogP contribution in [0.1, 0.15) is 12.0 Å². The maximum atomic E-state index is 15.0. The number of nitrogens with zero attached hydrogens (tertiary/aromatic N) is 2. The van der Waals surface area contributed by atoms with Gasteiger partial charge in [-0.1, -0.05) is 24.3 Å². The van der Waals surface area contributed by atoms with Gasteiger partial charge in [0.15, 0.2) is 17.4 Å². The first-order chi connectivity index (χ1) is 16.1. The number of nitrogens with one attached hydrogen (secondary N) is 2. The van der Waals surface area contributed by atoms with E-state index in [0.29, 0.717) is 5.56 Å².